The minimum atomic E-state index is -3.73. The highest BCUT2D eigenvalue weighted by Gasteiger charge is 2.23. The van der Waals surface area contributed by atoms with Crippen LogP contribution < -0.4 is 20.3 Å². The number of carbonyl (C=O) groups is 2. The molecule has 2 aromatic carbocycles. The maximum atomic E-state index is 12.8. The van der Waals surface area contributed by atoms with Crippen molar-refractivity contribution in [2.24, 2.45) is 0 Å². The molecule has 0 unspecified atom stereocenters. The Hall–Kier alpha value is -3.11. The van der Waals surface area contributed by atoms with E-state index >= 15 is 0 Å². The third-order valence-electron chi connectivity index (χ3n) is 4.87. The Morgan fingerprint density at radius 3 is 2.18 bits per heavy atom. The highest BCUT2D eigenvalue weighted by Crippen LogP contribution is 2.29. The lowest BCUT2D eigenvalue weighted by atomic mass is 10.1. The molecule has 2 N–H and O–H groups in total. The summed E-state index contributed by atoms with van der Waals surface area (Å²) in [6.45, 7) is 9.55. The van der Waals surface area contributed by atoms with Gasteiger partial charge in [0.15, 0.2) is 11.5 Å². The van der Waals surface area contributed by atoms with Gasteiger partial charge in [-0.2, -0.15) is 4.31 Å². The van der Waals surface area contributed by atoms with E-state index < -0.39 is 21.8 Å². The number of nitrogens with zero attached hydrogens (tertiary/aromatic N) is 1. The fourth-order valence-electron chi connectivity index (χ4n) is 3.13. The molecule has 0 spiro atoms. The molecule has 180 valence electrons. The Bertz CT molecular complexity index is 1110. The number of rotatable bonds is 9. The summed E-state index contributed by atoms with van der Waals surface area (Å²) in [7, 11) is -2.26. The van der Waals surface area contributed by atoms with Gasteiger partial charge in [0.25, 0.3) is 11.8 Å². The van der Waals surface area contributed by atoms with Gasteiger partial charge in [-0.1, -0.05) is 19.9 Å². The second-order valence-corrected chi connectivity index (χ2v) is 9.44. The van der Waals surface area contributed by atoms with E-state index in [1.165, 1.54) is 29.6 Å². The average molecular weight is 478 g/mol. The van der Waals surface area contributed by atoms with E-state index in [2.05, 4.69) is 10.9 Å². The number of carbonyl (C=O) groups excluding carboxylic acids is 2. The largest absolute Gasteiger partial charge is 0.493 e. The molecule has 2 amide bonds. The van der Waals surface area contributed by atoms with Crippen LogP contribution in [-0.4, -0.2) is 50.8 Å². The van der Waals surface area contributed by atoms with E-state index in [-0.39, 0.29) is 22.1 Å². The van der Waals surface area contributed by atoms with Crippen molar-refractivity contribution in [2.75, 3.05) is 20.2 Å². The molecule has 0 atom stereocenters. The number of benzene rings is 2. The van der Waals surface area contributed by atoms with Gasteiger partial charge in [-0.3, -0.25) is 20.4 Å². The van der Waals surface area contributed by atoms with Gasteiger partial charge in [-0.05, 0) is 56.7 Å². The number of hydrogen-bond acceptors (Lipinski definition) is 6. The summed E-state index contributed by atoms with van der Waals surface area (Å²) in [5.74, 6) is -0.325. The molecule has 0 heterocycles. The minimum Gasteiger partial charge on any atom is -0.493 e. The first-order chi connectivity index (χ1) is 15.5. The lowest BCUT2D eigenvalue weighted by Crippen LogP contribution is -2.42. The van der Waals surface area contributed by atoms with Gasteiger partial charge in [-0.15, -0.1) is 0 Å². The van der Waals surface area contributed by atoms with Gasteiger partial charge in [0.2, 0.25) is 10.0 Å². The number of ether oxygens (including phenoxy) is 2. The third kappa shape index (κ3) is 6.23. The molecule has 0 saturated carbocycles. The predicted octanol–water partition coefficient (Wildman–Crippen LogP) is 2.90. The molecule has 10 heteroatoms. The van der Waals surface area contributed by atoms with Crippen molar-refractivity contribution in [3.8, 4) is 11.5 Å². The smallest absolute Gasteiger partial charge is 0.270 e. The minimum absolute atomic E-state index is 0.0127. The van der Waals surface area contributed by atoms with Gasteiger partial charge in [0.05, 0.1) is 18.1 Å². The van der Waals surface area contributed by atoms with Gasteiger partial charge >= 0.3 is 0 Å². The molecule has 2 aromatic rings. The maximum absolute atomic E-state index is 12.8. The number of amides is 2. The Kier molecular flexibility index (Phi) is 8.84. The van der Waals surface area contributed by atoms with E-state index in [9.17, 15) is 18.0 Å². The van der Waals surface area contributed by atoms with Crippen molar-refractivity contribution in [1.82, 2.24) is 15.2 Å². The van der Waals surface area contributed by atoms with Gasteiger partial charge in [0, 0.05) is 24.2 Å². The molecule has 0 fully saturated rings. The Morgan fingerprint density at radius 1 is 0.970 bits per heavy atom. The first kappa shape index (κ1) is 26.1. The quantitative estimate of drug-likeness (QED) is 0.537. The van der Waals surface area contributed by atoms with E-state index in [1.807, 2.05) is 13.8 Å². The number of aryl methyl sites for hydroxylation is 1. The molecule has 0 aromatic heterocycles. The fraction of sp³-hybridized carbons (Fsp3) is 0.391. The first-order valence-electron chi connectivity index (χ1n) is 10.6. The van der Waals surface area contributed by atoms with E-state index in [1.54, 1.807) is 39.0 Å². The van der Waals surface area contributed by atoms with Crippen LogP contribution in [0.25, 0.3) is 0 Å². The molecule has 33 heavy (non-hydrogen) atoms. The zero-order chi connectivity index (χ0) is 24.8. The Labute approximate surface area is 195 Å². The topological polar surface area (TPSA) is 114 Å². The average Bonchev–Trinajstić information content (AvgIpc) is 2.77. The van der Waals surface area contributed by atoms with Crippen molar-refractivity contribution >= 4 is 21.8 Å². The highest BCUT2D eigenvalue weighted by atomic mass is 32.2. The monoisotopic (exact) mass is 477 g/mol. The molecule has 0 aliphatic rings. The highest BCUT2D eigenvalue weighted by molar-refractivity contribution is 7.89. The van der Waals surface area contributed by atoms with Crippen molar-refractivity contribution in [2.45, 2.75) is 45.6 Å². The van der Waals surface area contributed by atoms with Crippen molar-refractivity contribution in [1.29, 1.82) is 0 Å². The predicted molar refractivity (Wildman–Crippen MR) is 125 cm³/mol. The number of nitrogens with one attached hydrogen (secondary N) is 2. The van der Waals surface area contributed by atoms with Crippen LogP contribution in [0, 0.1) is 6.92 Å². The molecule has 0 saturated heterocycles. The van der Waals surface area contributed by atoms with Crippen LogP contribution >= 0.6 is 0 Å². The summed E-state index contributed by atoms with van der Waals surface area (Å²) in [6, 6.07) is 9.00. The van der Waals surface area contributed by atoms with Crippen molar-refractivity contribution in [3.63, 3.8) is 0 Å². The lowest BCUT2D eigenvalue weighted by molar-refractivity contribution is 0.0846. The van der Waals surface area contributed by atoms with Crippen LogP contribution in [0.2, 0.25) is 0 Å². The molecule has 0 radical (unpaired) electrons. The molecule has 0 bridgehead atoms. The Balaban J connectivity index is 2.19. The van der Waals surface area contributed by atoms with Gasteiger partial charge in [-0.25, -0.2) is 8.42 Å². The van der Waals surface area contributed by atoms with Gasteiger partial charge < -0.3 is 9.47 Å². The standard InChI is InChI=1S/C23H31N3O6S/c1-7-26(8-2)33(29,30)18-11-9-16(5)19(14-18)23(28)25-24-22(27)17-10-12-20(32-15(3)4)21(13-17)31-6/h9-15H,7-8H2,1-6H3,(H,24,27)(H,25,28). The summed E-state index contributed by atoms with van der Waals surface area (Å²) in [5.41, 5.74) is 5.64. The fourth-order valence-corrected chi connectivity index (χ4v) is 4.62. The molecule has 0 aliphatic carbocycles. The molecular weight excluding hydrogens is 446 g/mol. The summed E-state index contributed by atoms with van der Waals surface area (Å²) in [6.07, 6.45) is -0.0672. The van der Waals surface area contributed by atoms with Crippen LogP contribution in [0.5, 0.6) is 11.5 Å². The molecule has 2 rings (SSSR count). The Morgan fingerprint density at radius 2 is 1.61 bits per heavy atom. The van der Waals surface area contributed by atoms with Crippen LogP contribution in [0.3, 0.4) is 0 Å². The first-order valence-corrected chi connectivity index (χ1v) is 12.0. The number of hydrogen-bond donors (Lipinski definition) is 2. The summed E-state index contributed by atoms with van der Waals surface area (Å²) in [5, 5.41) is 0. The summed E-state index contributed by atoms with van der Waals surface area (Å²) < 4.78 is 37.8. The molecule has 0 aliphatic heterocycles. The summed E-state index contributed by atoms with van der Waals surface area (Å²) in [4.78, 5) is 25.3. The number of methoxy groups -OCH3 is 1. The van der Waals surface area contributed by atoms with Crippen LogP contribution in [-0.2, 0) is 10.0 Å². The number of hydrazine groups is 1. The van der Waals surface area contributed by atoms with Crippen molar-refractivity contribution < 1.29 is 27.5 Å². The maximum Gasteiger partial charge on any atom is 0.270 e. The van der Waals surface area contributed by atoms with Crippen molar-refractivity contribution in [3.05, 3.63) is 53.1 Å². The second-order valence-electron chi connectivity index (χ2n) is 7.51. The SMILES string of the molecule is CCN(CC)S(=O)(=O)c1ccc(C)c(C(=O)NNC(=O)c2ccc(OC(C)C)c(OC)c2)c1. The molecule has 9 nitrogen and oxygen atoms in total. The van der Waals surface area contributed by atoms with Crippen LogP contribution in [0.15, 0.2) is 41.3 Å². The number of sulfonamides is 1. The van der Waals surface area contributed by atoms with Crippen LogP contribution in [0.4, 0.5) is 0 Å². The second kappa shape index (κ2) is 11.2. The third-order valence-corrected chi connectivity index (χ3v) is 6.92. The molecular formula is C23H31N3O6S. The zero-order valence-electron chi connectivity index (χ0n) is 19.8. The van der Waals surface area contributed by atoms with E-state index in [4.69, 9.17) is 9.47 Å². The summed E-state index contributed by atoms with van der Waals surface area (Å²) >= 11 is 0. The van der Waals surface area contributed by atoms with Crippen LogP contribution in [0.1, 0.15) is 54.0 Å². The normalized spacial score (nSPS) is 11.4. The lowest BCUT2D eigenvalue weighted by Gasteiger charge is -2.19. The van der Waals surface area contributed by atoms with Gasteiger partial charge in [0.1, 0.15) is 0 Å². The van der Waals surface area contributed by atoms with E-state index in [0.29, 0.717) is 30.2 Å². The zero-order valence-corrected chi connectivity index (χ0v) is 20.6. The van der Waals surface area contributed by atoms with E-state index in [0.717, 1.165) is 0 Å².